The summed E-state index contributed by atoms with van der Waals surface area (Å²) in [5.74, 6) is 0. The van der Waals surface area contributed by atoms with Crippen LogP contribution < -0.4 is 4.90 Å². The molecule has 0 aromatic heterocycles. The van der Waals surface area contributed by atoms with Gasteiger partial charge in [0, 0.05) is 19.8 Å². The van der Waals surface area contributed by atoms with Crippen molar-refractivity contribution in [3.05, 3.63) is 47.1 Å². The van der Waals surface area contributed by atoms with Crippen molar-refractivity contribution in [1.29, 1.82) is 0 Å². The molecule has 0 amide bonds. The summed E-state index contributed by atoms with van der Waals surface area (Å²) < 4.78 is 0. The summed E-state index contributed by atoms with van der Waals surface area (Å²) in [6.07, 6.45) is 3.21. The average molecular weight is 199 g/mol. The van der Waals surface area contributed by atoms with E-state index in [9.17, 15) is 0 Å². The first-order chi connectivity index (χ1) is 7.08. The Kier molecular flexibility index (Phi) is 2.39. The molecule has 0 N–H and O–H groups in total. The Morgan fingerprint density at radius 1 is 1.27 bits per heavy atom. The molecular weight excluding hydrogens is 182 g/mol. The van der Waals surface area contributed by atoms with Gasteiger partial charge in [-0.25, -0.2) is 0 Å². The molecule has 0 radical (unpaired) electrons. The second-order valence-electron chi connectivity index (χ2n) is 4.39. The van der Waals surface area contributed by atoms with Crippen molar-refractivity contribution >= 4 is 11.8 Å². The van der Waals surface area contributed by atoms with Crippen LogP contribution in [0, 0.1) is 0 Å². The summed E-state index contributed by atoms with van der Waals surface area (Å²) >= 11 is 0. The fourth-order valence-electron chi connectivity index (χ4n) is 1.87. The van der Waals surface area contributed by atoms with Crippen LogP contribution in [-0.2, 0) is 6.42 Å². The maximum atomic E-state index is 4.09. The third-order valence-electron chi connectivity index (χ3n) is 2.98. The summed E-state index contributed by atoms with van der Waals surface area (Å²) in [5, 5.41) is 0. The van der Waals surface area contributed by atoms with Gasteiger partial charge in [-0.1, -0.05) is 18.7 Å². The smallest absolute Gasteiger partial charge is 0.0364 e. The third-order valence-corrected chi connectivity index (χ3v) is 2.98. The van der Waals surface area contributed by atoms with Gasteiger partial charge in [0.2, 0.25) is 0 Å². The molecule has 0 unspecified atom stereocenters. The van der Waals surface area contributed by atoms with E-state index < -0.39 is 0 Å². The van der Waals surface area contributed by atoms with Crippen LogP contribution in [0.5, 0.6) is 0 Å². The zero-order valence-electron chi connectivity index (χ0n) is 9.67. The molecule has 1 aliphatic carbocycles. The molecule has 15 heavy (non-hydrogen) atoms. The molecule has 1 aromatic rings. The van der Waals surface area contributed by atoms with Crippen LogP contribution in [0.3, 0.4) is 0 Å². The lowest BCUT2D eigenvalue weighted by molar-refractivity contribution is 1.09. The van der Waals surface area contributed by atoms with Crippen molar-refractivity contribution in [3.63, 3.8) is 0 Å². The van der Waals surface area contributed by atoms with Crippen LogP contribution in [0.25, 0.3) is 6.08 Å². The zero-order chi connectivity index (χ0) is 11.0. The molecule has 0 atom stereocenters. The topological polar surface area (TPSA) is 3.24 Å². The van der Waals surface area contributed by atoms with E-state index in [4.69, 9.17) is 0 Å². The molecule has 1 aliphatic rings. The molecule has 0 aliphatic heterocycles. The van der Waals surface area contributed by atoms with E-state index in [-0.39, 0.29) is 0 Å². The largest absolute Gasteiger partial charge is 0.378 e. The number of allylic oxidation sites excluding steroid dienone is 2. The monoisotopic (exact) mass is 199 g/mol. The van der Waals surface area contributed by atoms with Gasteiger partial charge in [-0.05, 0) is 47.8 Å². The van der Waals surface area contributed by atoms with Crippen LogP contribution in [0.15, 0.2) is 35.9 Å². The second kappa shape index (κ2) is 3.58. The highest BCUT2D eigenvalue weighted by Gasteiger charge is 2.11. The van der Waals surface area contributed by atoms with Gasteiger partial charge in [0.05, 0.1) is 0 Å². The molecule has 1 heteroatoms. The van der Waals surface area contributed by atoms with Crippen LogP contribution >= 0.6 is 0 Å². The second-order valence-corrected chi connectivity index (χ2v) is 4.39. The maximum Gasteiger partial charge on any atom is 0.0364 e. The molecule has 2 rings (SSSR count). The number of benzene rings is 1. The number of fused-ring (bicyclic) bond motifs is 1. The fraction of sp³-hybridized carbons (Fsp3) is 0.286. The molecule has 0 spiro atoms. The summed E-state index contributed by atoms with van der Waals surface area (Å²) in [7, 11) is 4.14. The van der Waals surface area contributed by atoms with Gasteiger partial charge in [0.25, 0.3) is 0 Å². The predicted molar refractivity (Wildman–Crippen MR) is 67.3 cm³/mol. The van der Waals surface area contributed by atoms with E-state index in [0.717, 1.165) is 6.42 Å². The normalized spacial score (nSPS) is 14.6. The van der Waals surface area contributed by atoms with Gasteiger partial charge in [0.1, 0.15) is 0 Å². The molecule has 1 aromatic carbocycles. The van der Waals surface area contributed by atoms with E-state index in [1.807, 2.05) is 0 Å². The molecule has 0 saturated carbocycles. The minimum atomic E-state index is 0.985. The Balaban J connectivity index is 2.48. The Morgan fingerprint density at radius 3 is 2.67 bits per heavy atom. The predicted octanol–water partition coefficient (Wildman–Crippen LogP) is 3.27. The minimum absolute atomic E-state index is 0.985. The molecule has 0 heterocycles. The van der Waals surface area contributed by atoms with Gasteiger partial charge < -0.3 is 4.90 Å². The summed E-state index contributed by atoms with van der Waals surface area (Å²) in [6, 6.07) is 6.61. The lowest BCUT2D eigenvalue weighted by Crippen LogP contribution is -2.10. The molecule has 0 bridgehead atoms. The first-order valence-corrected chi connectivity index (χ1v) is 5.24. The van der Waals surface area contributed by atoms with E-state index >= 15 is 0 Å². The highest BCUT2D eigenvalue weighted by molar-refractivity contribution is 5.68. The highest BCUT2D eigenvalue weighted by atomic mass is 15.1. The van der Waals surface area contributed by atoms with Gasteiger partial charge >= 0.3 is 0 Å². The summed E-state index contributed by atoms with van der Waals surface area (Å²) in [5.41, 5.74) is 6.52. The van der Waals surface area contributed by atoms with Crippen molar-refractivity contribution in [1.82, 2.24) is 0 Å². The van der Waals surface area contributed by atoms with Gasteiger partial charge in [0.15, 0.2) is 0 Å². The quantitative estimate of drug-likeness (QED) is 0.671. The Morgan fingerprint density at radius 2 is 2.00 bits per heavy atom. The van der Waals surface area contributed by atoms with Crippen molar-refractivity contribution < 1.29 is 0 Å². The van der Waals surface area contributed by atoms with E-state index in [0.29, 0.717) is 0 Å². The van der Waals surface area contributed by atoms with E-state index in [1.54, 1.807) is 0 Å². The fourth-order valence-corrected chi connectivity index (χ4v) is 1.87. The van der Waals surface area contributed by atoms with Crippen LogP contribution in [0.1, 0.15) is 18.1 Å². The lowest BCUT2D eigenvalue weighted by Gasteiger charge is -2.20. The zero-order valence-corrected chi connectivity index (χ0v) is 9.67. The number of rotatable bonds is 1. The Hall–Kier alpha value is -1.50. The van der Waals surface area contributed by atoms with Crippen molar-refractivity contribution in [2.75, 3.05) is 19.0 Å². The average Bonchev–Trinajstić information content (AvgIpc) is 2.19. The van der Waals surface area contributed by atoms with E-state index in [1.165, 1.54) is 28.0 Å². The van der Waals surface area contributed by atoms with Crippen molar-refractivity contribution in [3.8, 4) is 0 Å². The first kappa shape index (κ1) is 10.0. The summed E-state index contributed by atoms with van der Waals surface area (Å²) in [4.78, 5) is 2.13. The number of anilines is 1. The van der Waals surface area contributed by atoms with Gasteiger partial charge in [-0.2, -0.15) is 0 Å². The summed E-state index contributed by atoms with van der Waals surface area (Å²) in [6.45, 7) is 6.22. The minimum Gasteiger partial charge on any atom is -0.378 e. The van der Waals surface area contributed by atoms with Crippen LogP contribution in [0.2, 0.25) is 0 Å². The Labute approximate surface area is 91.7 Å². The molecule has 0 saturated heterocycles. The molecular formula is C14H17N. The number of nitrogens with zero attached hydrogens (tertiary/aromatic N) is 1. The molecule has 0 fully saturated rings. The van der Waals surface area contributed by atoms with Gasteiger partial charge in [-0.3, -0.25) is 0 Å². The Bertz CT molecular complexity index is 439. The highest BCUT2D eigenvalue weighted by Crippen LogP contribution is 2.29. The maximum absolute atomic E-state index is 4.09. The SMILES string of the molecule is C=C1Cc2cc(N(C)C)ccc2C=C1C. The first-order valence-electron chi connectivity index (χ1n) is 5.24. The molecule has 78 valence electrons. The standard InChI is InChI=1S/C14H17N/c1-10-7-12-5-6-14(15(3)4)9-13(12)8-11(10)2/h5-7,9H,2,8H2,1,3-4H3. The number of hydrogen-bond donors (Lipinski definition) is 0. The van der Waals surface area contributed by atoms with E-state index in [2.05, 4.69) is 56.8 Å². The number of hydrogen-bond acceptors (Lipinski definition) is 1. The third kappa shape index (κ3) is 1.82. The van der Waals surface area contributed by atoms with Gasteiger partial charge in [-0.15, -0.1) is 0 Å². The van der Waals surface area contributed by atoms with Crippen molar-refractivity contribution in [2.24, 2.45) is 0 Å². The lowest BCUT2D eigenvalue weighted by atomic mass is 9.89. The van der Waals surface area contributed by atoms with Crippen molar-refractivity contribution in [2.45, 2.75) is 13.3 Å². The molecule has 1 nitrogen and oxygen atoms in total. The van der Waals surface area contributed by atoms with Crippen LogP contribution in [-0.4, -0.2) is 14.1 Å². The van der Waals surface area contributed by atoms with Crippen LogP contribution in [0.4, 0.5) is 5.69 Å².